The van der Waals surface area contributed by atoms with Gasteiger partial charge in [-0.05, 0) is 30.2 Å². The number of nitrogens with zero attached hydrogens (tertiary/aromatic N) is 7. The van der Waals surface area contributed by atoms with Gasteiger partial charge in [-0.15, -0.1) is 0 Å². The molecule has 42 heavy (non-hydrogen) atoms. The Morgan fingerprint density at radius 1 is 1.12 bits per heavy atom. The predicted molar refractivity (Wildman–Crippen MR) is 153 cm³/mol. The van der Waals surface area contributed by atoms with Crippen LogP contribution >= 0.6 is 0 Å². The second kappa shape index (κ2) is 10.8. The van der Waals surface area contributed by atoms with E-state index in [9.17, 15) is 9.59 Å². The lowest BCUT2D eigenvalue weighted by Gasteiger charge is -2.35. The van der Waals surface area contributed by atoms with Crippen LogP contribution in [0.5, 0.6) is 5.88 Å². The molecule has 216 valence electrons. The molecule has 11 nitrogen and oxygen atoms in total. The summed E-state index contributed by atoms with van der Waals surface area (Å²) in [5.41, 5.74) is 0.0590. The average Bonchev–Trinajstić information content (AvgIpc) is 2.98. The molecule has 13 heteroatoms. The minimum absolute atomic E-state index is 0.0438. The zero-order valence-corrected chi connectivity index (χ0v) is 23.1. The van der Waals surface area contributed by atoms with Crippen molar-refractivity contribution in [2.45, 2.75) is 19.8 Å². The summed E-state index contributed by atoms with van der Waals surface area (Å²) in [5.74, 6) is -1.48. The van der Waals surface area contributed by atoms with Gasteiger partial charge < -0.3 is 19.9 Å². The number of carbonyl (C=O) groups excluding carboxylic acids is 1. The monoisotopic (exact) mass is 574 g/mol. The molecule has 0 aliphatic carbocycles. The first kappa shape index (κ1) is 27.2. The highest BCUT2D eigenvalue weighted by Crippen LogP contribution is 2.37. The molecule has 1 amide bonds. The molecular weight excluding hydrogens is 546 g/mol. The Labute approximate surface area is 239 Å². The van der Waals surface area contributed by atoms with E-state index in [1.807, 2.05) is 18.7 Å². The maximum atomic E-state index is 16.0. The fourth-order valence-corrected chi connectivity index (χ4v) is 5.35. The van der Waals surface area contributed by atoms with Crippen molar-refractivity contribution < 1.29 is 18.3 Å². The van der Waals surface area contributed by atoms with Crippen molar-refractivity contribution in [2.24, 2.45) is 0 Å². The Morgan fingerprint density at radius 3 is 2.64 bits per heavy atom. The fourth-order valence-electron chi connectivity index (χ4n) is 5.35. The topological polar surface area (TPSA) is 118 Å². The van der Waals surface area contributed by atoms with Gasteiger partial charge >= 0.3 is 5.69 Å². The van der Waals surface area contributed by atoms with Crippen molar-refractivity contribution in [1.82, 2.24) is 29.4 Å². The number of hydrogen-bond donors (Lipinski definition) is 1. The van der Waals surface area contributed by atoms with Crippen LogP contribution in [0.25, 0.3) is 28.0 Å². The first-order chi connectivity index (χ1) is 20.3. The largest absolute Gasteiger partial charge is 0.474 e. The third-order valence-electron chi connectivity index (χ3n) is 7.36. The zero-order chi connectivity index (χ0) is 29.5. The van der Waals surface area contributed by atoms with Gasteiger partial charge in [-0.25, -0.2) is 28.1 Å². The van der Waals surface area contributed by atoms with Gasteiger partial charge in [0.15, 0.2) is 11.5 Å². The van der Waals surface area contributed by atoms with E-state index in [2.05, 4.69) is 31.8 Å². The number of anilines is 2. The summed E-state index contributed by atoms with van der Waals surface area (Å²) in [6.07, 6.45) is 2.61. The van der Waals surface area contributed by atoms with Crippen molar-refractivity contribution in [3.05, 3.63) is 71.1 Å². The maximum Gasteiger partial charge on any atom is 0.356 e. The first-order valence-corrected chi connectivity index (χ1v) is 13.6. The van der Waals surface area contributed by atoms with Crippen molar-refractivity contribution in [1.29, 1.82) is 0 Å². The molecule has 0 spiro atoms. The van der Waals surface area contributed by atoms with Crippen LogP contribution in [0.1, 0.15) is 25.5 Å². The summed E-state index contributed by atoms with van der Waals surface area (Å²) in [7, 11) is 0. The second-order valence-electron chi connectivity index (χ2n) is 10.3. The van der Waals surface area contributed by atoms with Gasteiger partial charge in [-0.2, -0.15) is 9.97 Å². The smallest absolute Gasteiger partial charge is 0.356 e. The maximum absolute atomic E-state index is 16.0. The number of rotatable bonds is 3. The van der Waals surface area contributed by atoms with E-state index in [1.54, 1.807) is 11.0 Å². The average molecular weight is 575 g/mol. The van der Waals surface area contributed by atoms with E-state index in [4.69, 9.17) is 4.74 Å². The van der Waals surface area contributed by atoms with Gasteiger partial charge in [0.25, 0.3) is 0 Å². The zero-order valence-electron chi connectivity index (χ0n) is 23.1. The molecule has 4 aromatic rings. The molecule has 2 aliphatic heterocycles. The lowest BCUT2D eigenvalue weighted by molar-refractivity contribution is -0.126. The Hall–Kier alpha value is -4.94. The Bertz CT molecular complexity index is 1780. The molecule has 1 saturated heterocycles. The Balaban J connectivity index is 1.66. The van der Waals surface area contributed by atoms with E-state index >= 15 is 8.78 Å². The number of pyridine rings is 1. The van der Waals surface area contributed by atoms with Gasteiger partial charge in [0.1, 0.15) is 36.0 Å². The van der Waals surface area contributed by atoms with Crippen molar-refractivity contribution >= 4 is 28.4 Å². The number of amides is 1. The minimum Gasteiger partial charge on any atom is -0.474 e. The summed E-state index contributed by atoms with van der Waals surface area (Å²) in [4.78, 5) is 47.3. The molecular formula is C29H28F2N8O3. The van der Waals surface area contributed by atoms with E-state index in [0.717, 1.165) is 0 Å². The van der Waals surface area contributed by atoms with Crippen molar-refractivity contribution in [2.75, 3.05) is 49.5 Å². The molecule has 1 aromatic carbocycles. The number of aromatic nitrogens is 5. The highest BCUT2D eigenvalue weighted by molar-refractivity contribution is 5.92. The van der Waals surface area contributed by atoms with E-state index < -0.39 is 17.3 Å². The number of piperazine rings is 1. The fraction of sp³-hybridized carbons (Fsp3) is 0.310. The standard InChI is InChI=1S/C29H28F2N8O3/c1-4-21(40)37-9-11-38(12-10-37)26-17-14-19(31)24-22-18(30)6-5-7-20(22)32-8-13-42-28-25(23(16(2)3)33-15-34-28)39(27(17)35-24)29(41)36-26/h4-7,14-16,32H,1,8-13H2,2-3H3. The molecule has 0 unspecified atom stereocenters. The number of ether oxygens (including phenoxy) is 1. The molecule has 1 N–H and O–H groups in total. The summed E-state index contributed by atoms with van der Waals surface area (Å²) < 4.78 is 38.5. The Morgan fingerprint density at radius 2 is 1.90 bits per heavy atom. The third kappa shape index (κ3) is 4.60. The van der Waals surface area contributed by atoms with Gasteiger partial charge in [0.2, 0.25) is 11.8 Å². The van der Waals surface area contributed by atoms with Crippen LogP contribution in [-0.2, 0) is 4.79 Å². The summed E-state index contributed by atoms with van der Waals surface area (Å²) in [5, 5.41) is 3.33. The number of carbonyl (C=O) groups is 1. The third-order valence-corrected chi connectivity index (χ3v) is 7.36. The highest BCUT2D eigenvalue weighted by atomic mass is 19.1. The van der Waals surface area contributed by atoms with Crippen LogP contribution in [-0.4, -0.2) is 74.6 Å². The quantitative estimate of drug-likeness (QED) is 0.368. The van der Waals surface area contributed by atoms with Crippen LogP contribution in [0.15, 0.2) is 48.0 Å². The summed E-state index contributed by atoms with van der Waals surface area (Å²) in [6.45, 7) is 9.10. The van der Waals surface area contributed by atoms with Crippen molar-refractivity contribution in [3.8, 4) is 22.8 Å². The number of benzene rings is 1. The lowest BCUT2D eigenvalue weighted by Crippen LogP contribution is -2.49. The first-order valence-electron chi connectivity index (χ1n) is 13.6. The summed E-state index contributed by atoms with van der Waals surface area (Å²) in [6, 6.07) is 5.58. The predicted octanol–water partition coefficient (Wildman–Crippen LogP) is 3.28. The van der Waals surface area contributed by atoms with Gasteiger partial charge in [0, 0.05) is 38.4 Å². The van der Waals surface area contributed by atoms with Crippen LogP contribution < -0.4 is 20.6 Å². The van der Waals surface area contributed by atoms with Gasteiger partial charge in [-0.3, -0.25) is 4.79 Å². The SMILES string of the molecule is C=CC(=O)N1CCN(c2nc(=O)n3c4nc(c(F)cc24)-c2c(F)cccc2NCCOc2ncnc(C(C)C)c2-3)CC1. The second-order valence-corrected chi connectivity index (χ2v) is 10.3. The molecule has 1 fully saturated rings. The van der Waals surface area contributed by atoms with Crippen LogP contribution in [0, 0.1) is 11.6 Å². The normalized spacial score (nSPS) is 14.9. The molecule has 6 rings (SSSR count). The van der Waals surface area contributed by atoms with Gasteiger partial charge in [-0.1, -0.05) is 26.5 Å². The number of halogens is 2. The molecule has 2 aliphatic rings. The van der Waals surface area contributed by atoms with Crippen LogP contribution in [0.3, 0.4) is 0 Å². The molecule has 0 radical (unpaired) electrons. The van der Waals surface area contributed by atoms with E-state index in [1.165, 1.54) is 35.2 Å². The highest BCUT2D eigenvalue weighted by Gasteiger charge is 2.29. The van der Waals surface area contributed by atoms with Crippen molar-refractivity contribution in [3.63, 3.8) is 0 Å². The molecule has 3 aromatic heterocycles. The molecule has 0 atom stereocenters. The van der Waals surface area contributed by atoms with Crippen LogP contribution in [0.2, 0.25) is 0 Å². The summed E-state index contributed by atoms with van der Waals surface area (Å²) >= 11 is 0. The lowest BCUT2D eigenvalue weighted by atomic mass is 10.1. The number of fused-ring (bicyclic) bond motifs is 5. The van der Waals surface area contributed by atoms with E-state index in [-0.39, 0.29) is 64.7 Å². The number of hydrogen-bond acceptors (Lipinski definition) is 9. The number of nitrogens with one attached hydrogen (secondary N) is 1. The molecule has 5 heterocycles. The van der Waals surface area contributed by atoms with E-state index in [0.29, 0.717) is 37.6 Å². The molecule has 0 saturated carbocycles. The molecule has 2 bridgehead atoms. The van der Waals surface area contributed by atoms with Crippen LogP contribution in [0.4, 0.5) is 20.3 Å². The minimum atomic E-state index is -0.786. The van der Waals surface area contributed by atoms with Gasteiger partial charge in [0.05, 0.1) is 16.6 Å². The Kier molecular flexibility index (Phi) is 7.01.